The minimum atomic E-state index is -4.38. The van der Waals surface area contributed by atoms with E-state index in [0.29, 0.717) is 11.8 Å². The minimum Gasteiger partial charge on any atom is -0.744 e. The highest BCUT2D eigenvalue weighted by Crippen LogP contribution is 2.32. The summed E-state index contributed by atoms with van der Waals surface area (Å²) >= 11 is 4.28. The number of hydrogen-bond acceptors (Lipinski definition) is 4. The molecule has 0 saturated heterocycles. The molecule has 0 aliphatic rings. The Bertz CT molecular complexity index is 750. The largest absolute Gasteiger partial charge is 0.744 e. The zero-order valence-corrected chi connectivity index (χ0v) is 15.7. The Hall–Kier alpha value is -1.30. The average Bonchev–Trinajstić information content (AvgIpc) is 2.59. The molecule has 0 radical (unpaired) electrons. The van der Waals surface area contributed by atoms with Crippen molar-refractivity contribution in [2.75, 3.05) is 0 Å². The smallest absolute Gasteiger partial charge is 0.124 e. The maximum absolute atomic E-state index is 11.0. The molecule has 0 aromatic heterocycles. The van der Waals surface area contributed by atoms with Crippen molar-refractivity contribution in [1.29, 1.82) is 0 Å². The molecule has 0 amide bonds. The van der Waals surface area contributed by atoms with Gasteiger partial charge in [-0.1, -0.05) is 50.2 Å². The van der Waals surface area contributed by atoms with Gasteiger partial charge in [-0.3, -0.25) is 0 Å². The van der Waals surface area contributed by atoms with Gasteiger partial charge in [-0.05, 0) is 53.5 Å². The second-order valence-corrected chi connectivity index (χ2v) is 7.86. The Morgan fingerprint density at radius 2 is 1.54 bits per heavy atom. The lowest BCUT2D eigenvalue weighted by atomic mass is 9.84. The zero-order chi connectivity index (χ0) is 17.7. The minimum absolute atomic E-state index is 0.170. The van der Waals surface area contributed by atoms with Crippen molar-refractivity contribution in [3.05, 3.63) is 65.2 Å². The Labute approximate surface area is 150 Å². The standard InChI is InChI=1S/C19H24O3S2/c1-3-16(18-8-10-19(11-9-18)24(20,21)22)12-14(2)17-6-4-15(13-23)5-7-17/h4-11,14,16,23H,3,12-13H2,1-2H3,(H,20,21,22)/p-1. The van der Waals surface area contributed by atoms with Gasteiger partial charge in [0.25, 0.3) is 0 Å². The molecule has 0 N–H and O–H groups in total. The molecule has 5 heteroatoms. The van der Waals surface area contributed by atoms with Gasteiger partial charge in [0, 0.05) is 5.75 Å². The SMILES string of the molecule is CCC(CC(C)c1ccc(CS)cc1)c1ccc(S(=O)(=O)[O-])cc1. The van der Waals surface area contributed by atoms with E-state index in [1.54, 1.807) is 12.1 Å². The van der Waals surface area contributed by atoms with Crippen LogP contribution in [-0.4, -0.2) is 13.0 Å². The summed E-state index contributed by atoms with van der Waals surface area (Å²) < 4.78 is 33.1. The highest BCUT2D eigenvalue weighted by Gasteiger charge is 2.15. The van der Waals surface area contributed by atoms with Gasteiger partial charge in [-0.2, -0.15) is 12.6 Å². The third-order valence-electron chi connectivity index (χ3n) is 4.50. The maximum atomic E-state index is 11.0. The molecule has 0 fully saturated rings. The summed E-state index contributed by atoms with van der Waals surface area (Å²) in [6.07, 6.45) is 1.93. The zero-order valence-electron chi connectivity index (χ0n) is 14.0. The van der Waals surface area contributed by atoms with Crippen LogP contribution in [0.1, 0.15) is 55.2 Å². The van der Waals surface area contributed by atoms with Gasteiger partial charge in [-0.15, -0.1) is 0 Å². The van der Waals surface area contributed by atoms with Crippen LogP contribution < -0.4 is 0 Å². The number of thiol groups is 1. The van der Waals surface area contributed by atoms with E-state index in [2.05, 4.69) is 50.7 Å². The first-order valence-electron chi connectivity index (χ1n) is 8.10. The lowest BCUT2D eigenvalue weighted by Crippen LogP contribution is -2.05. The summed E-state index contributed by atoms with van der Waals surface area (Å²) in [5.41, 5.74) is 3.57. The quantitative estimate of drug-likeness (QED) is 0.572. The Balaban J connectivity index is 2.13. The molecular formula is C19H23O3S2-. The summed E-state index contributed by atoms with van der Waals surface area (Å²) in [5.74, 6) is 1.46. The lowest BCUT2D eigenvalue weighted by molar-refractivity contribution is 0.463. The second kappa shape index (κ2) is 8.19. The lowest BCUT2D eigenvalue weighted by Gasteiger charge is -2.21. The van der Waals surface area contributed by atoms with Gasteiger partial charge in [0.15, 0.2) is 0 Å². The Morgan fingerprint density at radius 1 is 1.00 bits per heavy atom. The van der Waals surface area contributed by atoms with Gasteiger partial charge in [0.2, 0.25) is 0 Å². The van der Waals surface area contributed by atoms with E-state index in [1.807, 2.05) is 0 Å². The van der Waals surface area contributed by atoms with Crippen LogP contribution in [0, 0.1) is 0 Å². The summed E-state index contributed by atoms with van der Waals surface area (Å²) in [4.78, 5) is -0.170. The van der Waals surface area contributed by atoms with E-state index in [9.17, 15) is 13.0 Å². The van der Waals surface area contributed by atoms with Gasteiger partial charge in [-0.25, -0.2) is 8.42 Å². The molecule has 130 valence electrons. The highest BCUT2D eigenvalue weighted by atomic mass is 32.2. The van der Waals surface area contributed by atoms with E-state index in [-0.39, 0.29) is 4.90 Å². The number of rotatable bonds is 7. The van der Waals surface area contributed by atoms with Crippen molar-refractivity contribution in [1.82, 2.24) is 0 Å². The second-order valence-electron chi connectivity index (χ2n) is 6.16. The van der Waals surface area contributed by atoms with Crippen LogP contribution >= 0.6 is 12.6 Å². The molecule has 2 rings (SSSR count). The molecule has 3 nitrogen and oxygen atoms in total. The Kier molecular flexibility index (Phi) is 6.49. The average molecular weight is 364 g/mol. The van der Waals surface area contributed by atoms with Crippen LogP contribution in [0.4, 0.5) is 0 Å². The first kappa shape index (κ1) is 19.0. The fourth-order valence-corrected chi connectivity index (χ4v) is 3.64. The normalized spacial score (nSPS) is 14.3. The monoisotopic (exact) mass is 363 g/mol. The fourth-order valence-electron chi connectivity index (χ4n) is 2.96. The van der Waals surface area contributed by atoms with E-state index in [4.69, 9.17) is 0 Å². The van der Waals surface area contributed by atoms with E-state index >= 15 is 0 Å². The summed E-state index contributed by atoms with van der Waals surface area (Å²) in [7, 11) is -4.38. The molecule has 2 aromatic rings. The van der Waals surface area contributed by atoms with Crippen LogP contribution in [0.25, 0.3) is 0 Å². The van der Waals surface area contributed by atoms with E-state index < -0.39 is 10.1 Å². The molecule has 24 heavy (non-hydrogen) atoms. The van der Waals surface area contributed by atoms with Crippen molar-refractivity contribution in [3.63, 3.8) is 0 Å². The summed E-state index contributed by atoms with van der Waals surface area (Å²) in [6.45, 7) is 4.33. The molecule has 2 aromatic carbocycles. The maximum Gasteiger partial charge on any atom is 0.124 e. The predicted octanol–water partition coefficient (Wildman–Crippen LogP) is 4.71. The van der Waals surface area contributed by atoms with Crippen LogP contribution in [0.3, 0.4) is 0 Å². The predicted molar refractivity (Wildman–Crippen MR) is 99.6 cm³/mol. The molecule has 0 aliphatic carbocycles. The van der Waals surface area contributed by atoms with E-state index in [0.717, 1.165) is 24.2 Å². The van der Waals surface area contributed by atoms with Crippen LogP contribution in [0.15, 0.2) is 53.4 Å². The topological polar surface area (TPSA) is 57.2 Å². The molecule has 0 heterocycles. The first-order valence-corrected chi connectivity index (χ1v) is 10.1. The number of benzene rings is 2. The van der Waals surface area contributed by atoms with Crippen LogP contribution in [-0.2, 0) is 15.9 Å². The van der Waals surface area contributed by atoms with Crippen molar-refractivity contribution < 1.29 is 13.0 Å². The van der Waals surface area contributed by atoms with Crippen molar-refractivity contribution >= 4 is 22.7 Å². The van der Waals surface area contributed by atoms with Crippen molar-refractivity contribution in [2.45, 2.75) is 49.2 Å². The summed E-state index contributed by atoms with van der Waals surface area (Å²) in [6, 6.07) is 14.8. The van der Waals surface area contributed by atoms with Gasteiger partial charge in [0.05, 0.1) is 4.90 Å². The third kappa shape index (κ3) is 4.85. The molecule has 0 aliphatic heterocycles. The van der Waals surface area contributed by atoms with Crippen molar-refractivity contribution in [2.24, 2.45) is 0 Å². The molecular weight excluding hydrogens is 340 g/mol. The summed E-state index contributed by atoms with van der Waals surface area (Å²) in [5, 5.41) is 0. The Morgan fingerprint density at radius 3 is 2.00 bits per heavy atom. The number of hydrogen-bond donors (Lipinski definition) is 1. The first-order chi connectivity index (χ1) is 11.3. The van der Waals surface area contributed by atoms with Gasteiger partial charge >= 0.3 is 0 Å². The molecule has 0 spiro atoms. The molecule has 0 bridgehead atoms. The molecule has 0 saturated carbocycles. The third-order valence-corrected chi connectivity index (χ3v) is 5.72. The van der Waals surface area contributed by atoms with Gasteiger partial charge < -0.3 is 4.55 Å². The molecule has 2 unspecified atom stereocenters. The highest BCUT2D eigenvalue weighted by molar-refractivity contribution is 7.85. The van der Waals surface area contributed by atoms with E-state index in [1.165, 1.54) is 23.3 Å². The van der Waals surface area contributed by atoms with Crippen LogP contribution in [0.5, 0.6) is 0 Å². The fraction of sp³-hybridized carbons (Fsp3) is 0.368. The van der Waals surface area contributed by atoms with Gasteiger partial charge in [0.1, 0.15) is 10.1 Å². The molecule has 2 atom stereocenters. The van der Waals surface area contributed by atoms with Crippen molar-refractivity contribution in [3.8, 4) is 0 Å². The van der Waals surface area contributed by atoms with Crippen LogP contribution in [0.2, 0.25) is 0 Å².